The van der Waals surface area contributed by atoms with Gasteiger partial charge in [0.25, 0.3) is 0 Å². The van der Waals surface area contributed by atoms with Crippen molar-refractivity contribution in [1.82, 2.24) is 4.90 Å². The molecule has 6 heteroatoms. The number of rotatable bonds is 43. The molecular weight excluding hydrogens is 647 g/mol. The van der Waals surface area contributed by atoms with Gasteiger partial charge in [0.2, 0.25) is 0 Å². The predicted octanol–water partition coefficient (Wildman–Crippen LogP) is 13.1. The second-order valence-electron chi connectivity index (χ2n) is 16.5. The largest absolute Gasteiger partial charge is 0.465 e. The average molecular weight is 740 g/mol. The van der Waals surface area contributed by atoms with Gasteiger partial charge < -0.3 is 23.8 Å². The first-order valence-corrected chi connectivity index (χ1v) is 23.0. The molecule has 0 heterocycles. The highest BCUT2D eigenvalue weighted by Crippen LogP contribution is 2.26. The van der Waals surface area contributed by atoms with Gasteiger partial charge >= 0.3 is 5.97 Å². The summed E-state index contributed by atoms with van der Waals surface area (Å²) < 4.78 is 25.3. The van der Waals surface area contributed by atoms with Crippen LogP contribution < -0.4 is 0 Å². The molecule has 0 bridgehead atoms. The number of carbonyl (C=O) groups excluding carboxylic acids is 1. The maximum atomic E-state index is 13.4. The molecule has 0 N–H and O–H groups in total. The molecule has 0 aromatic carbocycles. The van der Waals surface area contributed by atoms with Crippen molar-refractivity contribution in [1.29, 1.82) is 0 Å². The maximum absolute atomic E-state index is 13.4. The Hall–Kier alpha value is -0.690. The third-order valence-electron chi connectivity index (χ3n) is 10.6. The standard InChI is InChI=1S/C46H93NO5/c1-7-11-15-19-23-29-37-49-40-46(41-50-38-30-24-20-16-12-8-2,42-51-39-31-25-28-36-47(5)6)43-52-45(48)35-34-44(32-26-21-17-13-9-3)33-27-22-18-14-10-4/h44H,7-43H2,1-6H3. The van der Waals surface area contributed by atoms with Crippen molar-refractivity contribution in [2.24, 2.45) is 11.3 Å². The van der Waals surface area contributed by atoms with Crippen LogP contribution >= 0.6 is 0 Å². The molecule has 0 aromatic heterocycles. The molecule has 0 saturated carbocycles. The lowest BCUT2D eigenvalue weighted by Crippen LogP contribution is -2.42. The Morgan fingerprint density at radius 3 is 1.23 bits per heavy atom. The first-order valence-electron chi connectivity index (χ1n) is 23.0. The Kier molecular flexibility index (Phi) is 39.5. The summed E-state index contributed by atoms with van der Waals surface area (Å²) in [6.07, 6.45) is 35.3. The fourth-order valence-corrected chi connectivity index (χ4v) is 7.03. The van der Waals surface area contributed by atoms with Gasteiger partial charge in [0.15, 0.2) is 0 Å². The summed E-state index contributed by atoms with van der Waals surface area (Å²) in [7, 11) is 4.26. The van der Waals surface area contributed by atoms with E-state index in [0.717, 1.165) is 58.5 Å². The fraction of sp³-hybridized carbons (Fsp3) is 0.978. The smallest absolute Gasteiger partial charge is 0.305 e. The SMILES string of the molecule is CCCCCCCCOCC(COCCCCCCCC)(COCCCCCN(C)C)COC(=O)CCC(CCCCCCC)CCCCCCC. The van der Waals surface area contributed by atoms with Crippen molar-refractivity contribution in [2.75, 3.05) is 66.9 Å². The van der Waals surface area contributed by atoms with Crippen LogP contribution in [0.1, 0.15) is 214 Å². The Labute approximate surface area is 326 Å². The van der Waals surface area contributed by atoms with Gasteiger partial charge in [0.1, 0.15) is 6.61 Å². The topological polar surface area (TPSA) is 57.2 Å². The van der Waals surface area contributed by atoms with Gasteiger partial charge in [-0.3, -0.25) is 4.79 Å². The van der Waals surface area contributed by atoms with Crippen molar-refractivity contribution in [2.45, 2.75) is 214 Å². The van der Waals surface area contributed by atoms with Crippen molar-refractivity contribution in [3.8, 4) is 0 Å². The van der Waals surface area contributed by atoms with E-state index in [1.807, 2.05) is 0 Å². The normalized spacial score (nSPS) is 12.1. The molecule has 52 heavy (non-hydrogen) atoms. The van der Waals surface area contributed by atoms with Crippen LogP contribution in [0.5, 0.6) is 0 Å². The Bertz CT molecular complexity index is 683. The number of ether oxygens (including phenoxy) is 4. The van der Waals surface area contributed by atoms with Crippen LogP contribution in [0.25, 0.3) is 0 Å². The van der Waals surface area contributed by atoms with Gasteiger partial charge in [-0.05, 0) is 65.1 Å². The van der Waals surface area contributed by atoms with Crippen molar-refractivity contribution in [3.63, 3.8) is 0 Å². The summed E-state index contributed by atoms with van der Waals surface area (Å²) in [5.74, 6) is 0.555. The summed E-state index contributed by atoms with van der Waals surface area (Å²) in [5.41, 5.74) is -0.484. The zero-order valence-electron chi connectivity index (χ0n) is 36.2. The number of nitrogens with zero attached hydrogens (tertiary/aromatic N) is 1. The van der Waals surface area contributed by atoms with Crippen molar-refractivity contribution < 1.29 is 23.7 Å². The Morgan fingerprint density at radius 1 is 0.462 bits per heavy atom. The van der Waals surface area contributed by atoms with Crippen LogP contribution in [-0.4, -0.2) is 77.8 Å². The van der Waals surface area contributed by atoms with Crippen LogP contribution in [0.15, 0.2) is 0 Å². The zero-order valence-corrected chi connectivity index (χ0v) is 36.2. The summed E-state index contributed by atoms with van der Waals surface area (Å²) in [6.45, 7) is 14.2. The molecular formula is C46H93NO5. The van der Waals surface area contributed by atoms with E-state index in [-0.39, 0.29) is 5.97 Å². The molecule has 0 aromatic rings. The quantitative estimate of drug-likeness (QED) is 0.0458. The van der Waals surface area contributed by atoms with Crippen LogP contribution in [-0.2, 0) is 23.7 Å². The van der Waals surface area contributed by atoms with Gasteiger partial charge in [0, 0.05) is 26.2 Å². The van der Waals surface area contributed by atoms with Crippen LogP contribution in [0.2, 0.25) is 0 Å². The van der Waals surface area contributed by atoms with E-state index < -0.39 is 5.41 Å². The van der Waals surface area contributed by atoms with Crippen LogP contribution in [0, 0.1) is 11.3 Å². The minimum absolute atomic E-state index is 0.0677. The lowest BCUT2D eigenvalue weighted by Gasteiger charge is -2.33. The lowest BCUT2D eigenvalue weighted by atomic mass is 9.90. The summed E-state index contributed by atoms with van der Waals surface area (Å²) in [4.78, 5) is 15.6. The summed E-state index contributed by atoms with van der Waals surface area (Å²) in [5, 5.41) is 0. The van der Waals surface area contributed by atoms with Crippen LogP contribution in [0.3, 0.4) is 0 Å². The first kappa shape index (κ1) is 51.3. The van der Waals surface area contributed by atoms with Crippen molar-refractivity contribution in [3.05, 3.63) is 0 Å². The average Bonchev–Trinajstić information content (AvgIpc) is 3.13. The summed E-state index contributed by atoms with van der Waals surface area (Å²) >= 11 is 0. The third-order valence-corrected chi connectivity index (χ3v) is 10.6. The minimum atomic E-state index is -0.484. The second kappa shape index (κ2) is 40.0. The highest BCUT2D eigenvalue weighted by atomic mass is 16.5. The predicted molar refractivity (Wildman–Crippen MR) is 224 cm³/mol. The molecule has 0 unspecified atom stereocenters. The molecule has 0 atom stereocenters. The van der Waals surface area contributed by atoms with Gasteiger partial charge in [-0.15, -0.1) is 0 Å². The monoisotopic (exact) mass is 740 g/mol. The second-order valence-corrected chi connectivity index (χ2v) is 16.5. The molecule has 0 fully saturated rings. The number of esters is 1. The molecule has 0 saturated heterocycles. The molecule has 0 aliphatic carbocycles. The first-order chi connectivity index (χ1) is 25.4. The highest BCUT2D eigenvalue weighted by Gasteiger charge is 2.34. The molecule has 0 amide bonds. The van der Waals surface area contributed by atoms with E-state index in [9.17, 15) is 4.79 Å². The molecule has 6 nitrogen and oxygen atoms in total. The number of hydrogen-bond acceptors (Lipinski definition) is 6. The van der Waals surface area contributed by atoms with E-state index in [1.54, 1.807) is 0 Å². The van der Waals surface area contributed by atoms with E-state index >= 15 is 0 Å². The molecule has 0 aliphatic rings. The van der Waals surface area contributed by atoms with E-state index in [2.05, 4.69) is 46.7 Å². The Balaban J connectivity index is 5.38. The van der Waals surface area contributed by atoms with Gasteiger partial charge in [-0.25, -0.2) is 0 Å². The van der Waals surface area contributed by atoms with Gasteiger partial charge in [0.05, 0.1) is 25.2 Å². The van der Waals surface area contributed by atoms with E-state index in [1.165, 1.54) is 148 Å². The lowest BCUT2D eigenvalue weighted by molar-refractivity contribution is -0.156. The van der Waals surface area contributed by atoms with Crippen LogP contribution in [0.4, 0.5) is 0 Å². The number of carbonyl (C=O) groups is 1. The van der Waals surface area contributed by atoms with Crippen molar-refractivity contribution >= 4 is 5.97 Å². The molecule has 0 aliphatic heterocycles. The molecule has 0 spiro atoms. The van der Waals surface area contributed by atoms with Gasteiger partial charge in [-0.2, -0.15) is 0 Å². The highest BCUT2D eigenvalue weighted by molar-refractivity contribution is 5.69. The minimum Gasteiger partial charge on any atom is -0.465 e. The van der Waals surface area contributed by atoms with Gasteiger partial charge in [-0.1, -0.05) is 169 Å². The molecule has 0 radical (unpaired) electrons. The van der Waals surface area contributed by atoms with E-state index in [4.69, 9.17) is 18.9 Å². The number of hydrogen-bond donors (Lipinski definition) is 0. The zero-order chi connectivity index (χ0) is 38.2. The Morgan fingerprint density at radius 2 is 0.827 bits per heavy atom. The summed E-state index contributed by atoms with van der Waals surface area (Å²) in [6, 6.07) is 0. The number of unbranched alkanes of at least 4 members (excludes halogenated alkanes) is 20. The third kappa shape index (κ3) is 35.0. The maximum Gasteiger partial charge on any atom is 0.305 e. The van der Waals surface area contributed by atoms with E-state index in [0.29, 0.717) is 38.8 Å². The fourth-order valence-electron chi connectivity index (χ4n) is 7.03. The molecule has 0 rings (SSSR count). The molecule has 312 valence electrons.